The van der Waals surface area contributed by atoms with Gasteiger partial charge in [0.15, 0.2) is 5.78 Å². The number of amides is 1. The summed E-state index contributed by atoms with van der Waals surface area (Å²) in [6.07, 6.45) is 0.765. The van der Waals surface area contributed by atoms with Gasteiger partial charge in [0.05, 0.1) is 13.7 Å². The summed E-state index contributed by atoms with van der Waals surface area (Å²) < 4.78 is 11.1. The highest BCUT2D eigenvalue weighted by Gasteiger charge is 2.24. The Labute approximate surface area is 259 Å². The van der Waals surface area contributed by atoms with Crippen LogP contribution in [-0.2, 0) is 20.7 Å². The minimum absolute atomic E-state index is 0.0519. The minimum Gasteiger partial charge on any atom is -0.492 e. The van der Waals surface area contributed by atoms with Crippen molar-refractivity contribution in [3.05, 3.63) is 126 Å². The molecule has 0 heterocycles. The summed E-state index contributed by atoms with van der Waals surface area (Å²) in [5.41, 5.74) is 3.20. The average molecular weight is 593 g/mol. The van der Waals surface area contributed by atoms with Crippen LogP contribution >= 0.6 is 0 Å². The Kier molecular flexibility index (Phi) is 10.9. The number of nitrogens with zero attached hydrogens (tertiary/aromatic N) is 1. The lowest BCUT2D eigenvalue weighted by molar-refractivity contribution is -0.141. The van der Waals surface area contributed by atoms with Gasteiger partial charge in [-0.25, -0.2) is 4.79 Å². The lowest BCUT2D eigenvalue weighted by atomic mass is 9.91. The number of nitrogens with one attached hydrogen (secondary N) is 1. The third kappa shape index (κ3) is 9.04. The Morgan fingerprint density at radius 2 is 1.41 bits per heavy atom. The van der Waals surface area contributed by atoms with Gasteiger partial charge in [0.2, 0.25) is 5.91 Å². The van der Waals surface area contributed by atoms with E-state index in [0.29, 0.717) is 48.6 Å². The molecule has 0 saturated carbocycles. The first-order valence-electron chi connectivity index (χ1n) is 14.7. The third-order valence-corrected chi connectivity index (χ3v) is 7.02. The van der Waals surface area contributed by atoms with Crippen LogP contribution in [0.4, 0.5) is 11.4 Å². The molecular weight excluding hydrogens is 552 g/mol. The molecule has 0 aliphatic rings. The Morgan fingerprint density at radius 3 is 2.05 bits per heavy atom. The van der Waals surface area contributed by atoms with E-state index < -0.39 is 12.0 Å². The van der Waals surface area contributed by atoms with Crippen LogP contribution in [0.1, 0.15) is 48.7 Å². The van der Waals surface area contributed by atoms with Gasteiger partial charge in [0.1, 0.15) is 18.4 Å². The molecule has 0 aromatic heterocycles. The SMILES string of the molecule is COC(=O)[C@H](Cc1ccc(OCCN(C(=O)CC(C)(C)C)c2ccccc2)cc1)Nc1ccccc1C(=O)c1ccccc1. The number of rotatable bonds is 13. The van der Waals surface area contributed by atoms with Crippen LogP contribution in [0.3, 0.4) is 0 Å². The highest BCUT2D eigenvalue weighted by molar-refractivity contribution is 6.12. The number of hydrogen-bond donors (Lipinski definition) is 1. The van der Waals surface area contributed by atoms with E-state index in [1.165, 1.54) is 7.11 Å². The molecular formula is C37H40N2O5. The quantitative estimate of drug-likeness (QED) is 0.133. The monoisotopic (exact) mass is 592 g/mol. The molecule has 0 aliphatic heterocycles. The summed E-state index contributed by atoms with van der Waals surface area (Å²) in [5.74, 6) is 0.139. The summed E-state index contributed by atoms with van der Waals surface area (Å²) >= 11 is 0. The Hall–Kier alpha value is -4.91. The zero-order chi connectivity index (χ0) is 31.5. The molecule has 0 spiro atoms. The molecule has 7 nitrogen and oxygen atoms in total. The summed E-state index contributed by atoms with van der Waals surface area (Å²) in [6.45, 7) is 6.89. The summed E-state index contributed by atoms with van der Waals surface area (Å²) in [6, 6.07) is 32.6. The Balaban J connectivity index is 1.41. The molecule has 228 valence electrons. The van der Waals surface area contributed by atoms with Crippen molar-refractivity contribution in [2.24, 2.45) is 5.41 Å². The van der Waals surface area contributed by atoms with Gasteiger partial charge in [0, 0.05) is 35.3 Å². The number of ether oxygens (including phenoxy) is 2. The number of methoxy groups -OCH3 is 1. The lowest BCUT2D eigenvalue weighted by Gasteiger charge is -2.27. The molecule has 1 N–H and O–H groups in total. The lowest BCUT2D eigenvalue weighted by Crippen LogP contribution is -2.36. The van der Waals surface area contributed by atoms with Crippen LogP contribution in [0.5, 0.6) is 5.75 Å². The maximum atomic E-state index is 13.2. The number of esters is 1. The smallest absolute Gasteiger partial charge is 0.328 e. The summed E-state index contributed by atoms with van der Waals surface area (Å²) in [5, 5.41) is 3.24. The van der Waals surface area contributed by atoms with Crippen LogP contribution in [-0.4, -0.2) is 44.0 Å². The van der Waals surface area contributed by atoms with Crippen molar-refractivity contribution >= 4 is 29.0 Å². The van der Waals surface area contributed by atoms with Crippen molar-refractivity contribution in [3.63, 3.8) is 0 Å². The number of ketones is 1. The van der Waals surface area contributed by atoms with Gasteiger partial charge in [-0.1, -0.05) is 93.6 Å². The van der Waals surface area contributed by atoms with E-state index in [0.717, 1.165) is 11.3 Å². The molecule has 0 saturated heterocycles. The molecule has 4 aromatic rings. The molecule has 7 heteroatoms. The largest absolute Gasteiger partial charge is 0.492 e. The first-order chi connectivity index (χ1) is 21.1. The zero-order valence-electron chi connectivity index (χ0n) is 25.8. The van der Waals surface area contributed by atoms with E-state index in [4.69, 9.17) is 9.47 Å². The zero-order valence-corrected chi connectivity index (χ0v) is 25.8. The second-order valence-corrected chi connectivity index (χ2v) is 11.8. The molecule has 0 unspecified atom stereocenters. The average Bonchev–Trinajstić information content (AvgIpc) is 3.03. The fraction of sp³-hybridized carbons (Fsp3) is 0.270. The first-order valence-corrected chi connectivity index (χ1v) is 14.7. The highest BCUT2D eigenvalue weighted by atomic mass is 16.5. The second kappa shape index (κ2) is 15.0. The van der Waals surface area contributed by atoms with Crippen LogP contribution in [0.25, 0.3) is 0 Å². The minimum atomic E-state index is -0.718. The molecule has 1 atom stereocenters. The number of carbonyl (C=O) groups excluding carboxylic acids is 3. The second-order valence-electron chi connectivity index (χ2n) is 11.8. The number of para-hydroxylation sites is 2. The van der Waals surface area contributed by atoms with E-state index in [9.17, 15) is 14.4 Å². The van der Waals surface area contributed by atoms with Gasteiger partial charge in [-0.05, 0) is 47.4 Å². The number of benzene rings is 4. The molecule has 0 radical (unpaired) electrons. The van der Waals surface area contributed by atoms with E-state index >= 15 is 0 Å². The molecule has 44 heavy (non-hydrogen) atoms. The Bertz CT molecular complexity index is 1530. The molecule has 4 rings (SSSR count). The normalized spacial score (nSPS) is 11.7. The van der Waals surface area contributed by atoms with Crippen molar-refractivity contribution < 1.29 is 23.9 Å². The van der Waals surface area contributed by atoms with E-state index in [1.807, 2.05) is 78.9 Å². The first kappa shape index (κ1) is 32.0. The fourth-order valence-corrected chi connectivity index (χ4v) is 4.84. The van der Waals surface area contributed by atoms with Gasteiger partial charge in [-0.2, -0.15) is 0 Å². The topological polar surface area (TPSA) is 84.9 Å². The van der Waals surface area contributed by atoms with Gasteiger partial charge in [0.25, 0.3) is 0 Å². The van der Waals surface area contributed by atoms with E-state index in [1.54, 1.807) is 35.2 Å². The van der Waals surface area contributed by atoms with Crippen molar-refractivity contribution in [3.8, 4) is 5.75 Å². The number of hydrogen-bond acceptors (Lipinski definition) is 6. The van der Waals surface area contributed by atoms with Crippen LogP contribution in [0.15, 0.2) is 109 Å². The van der Waals surface area contributed by atoms with E-state index in [-0.39, 0.29) is 17.1 Å². The van der Waals surface area contributed by atoms with Gasteiger partial charge in [-0.3, -0.25) is 9.59 Å². The summed E-state index contributed by atoms with van der Waals surface area (Å²) in [4.78, 5) is 40.8. The molecule has 1 amide bonds. The predicted octanol–water partition coefficient (Wildman–Crippen LogP) is 6.96. The van der Waals surface area contributed by atoms with Crippen molar-refractivity contribution in [1.29, 1.82) is 0 Å². The van der Waals surface area contributed by atoms with Gasteiger partial charge < -0.3 is 19.7 Å². The number of carbonyl (C=O) groups is 3. The van der Waals surface area contributed by atoms with Gasteiger partial charge in [-0.15, -0.1) is 0 Å². The predicted molar refractivity (Wildman–Crippen MR) is 174 cm³/mol. The van der Waals surface area contributed by atoms with Crippen LogP contribution in [0.2, 0.25) is 0 Å². The highest BCUT2D eigenvalue weighted by Crippen LogP contribution is 2.24. The standard InChI is InChI=1S/C37H40N2O5/c1-37(2,3)26-34(40)39(29-15-9-6-10-16-29)23-24-44-30-21-19-27(20-22-30)25-33(36(42)43-4)38-32-18-12-11-17-31(32)35(41)28-13-7-5-8-14-28/h5-22,33,38H,23-26H2,1-4H3/t33-/m0/s1. The van der Waals surface area contributed by atoms with Gasteiger partial charge >= 0.3 is 5.97 Å². The fourth-order valence-electron chi connectivity index (χ4n) is 4.84. The molecule has 4 aromatic carbocycles. The molecule has 0 aliphatic carbocycles. The van der Waals surface area contributed by atoms with Crippen LogP contribution in [0, 0.1) is 5.41 Å². The molecule has 0 fully saturated rings. The summed E-state index contributed by atoms with van der Waals surface area (Å²) in [7, 11) is 1.35. The maximum Gasteiger partial charge on any atom is 0.328 e. The number of anilines is 2. The van der Waals surface area contributed by atoms with E-state index in [2.05, 4.69) is 26.1 Å². The third-order valence-electron chi connectivity index (χ3n) is 7.02. The van der Waals surface area contributed by atoms with Crippen molar-refractivity contribution in [1.82, 2.24) is 0 Å². The maximum absolute atomic E-state index is 13.2. The van der Waals surface area contributed by atoms with Crippen molar-refractivity contribution in [2.45, 2.75) is 39.7 Å². The Morgan fingerprint density at radius 1 is 0.795 bits per heavy atom. The van der Waals surface area contributed by atoms with Crippen LogP contribution < -0.4 is 15.0 Å². The van der Waals surface area contributed by atoms with Crippen molar-refractivity contribution in [2.75, 3.05) is 30.5 Å². The molecule has 0 bridgehead atoms.